The summed E-state index contributed by atoms with van der Waals surface area (Å²) in [4.78, 5) is 23.2. The van der Waals surface area contributed by atoms with Crippen LogP contribution in [-0.2, 0) is 10.0 Å². The fourth-order valence-electron chi connectivity index (χ4n) is 3.01. The van der Waals surface area contributed by atoms with Crippen molar-refractivity contribution in [3.63, 3.8) is 0 Å². The van der Waals surface area contributed by atoms with Crippen LogP contribution in [0.25, 0.3) is 0 Å². The van der Waals surface area contributed by atoms with Gasteiger partial charge in [0.2, 0.25) is 0 Å². The molecule has 0 spiro atoms. The lowest BCUT2D eigenvalue weighted by Crippen LogP contribution is -2.27. The molecule has 172 valence electrons. The third-order valence-corrected chi connectivity index (χ3v) is 7.05. The summed E-state index contributed by atoms with van der Waals surface area (Å²) >= 11 is 6.15. The summed E-state index contributed by atoms with van der Waals surface area (Å²) in [6.45, 7) is 1.58. The zero-order valence-corrected chi connectivity index (χ0v) is 19.5. The number of anilines is 2. The number of methoxy groups -OCH3 is 1. The molecule has 0 atom stereocenters. The lowest BCUT2D eigenvalue weighted by Gasteiger charge is -2.20. The molecule has 9 nitrogen and oxygen atoms in total. The molecule has 0 aromatic heterocycles. The summed E-state index contributed by atoms with van der Waals surface area (Å²) in [5.74, 6) is -0.131. The minimum Gasteiger partial charge on any atom is -0.497 e. The van der Waals surface area contributed by atoms with Gasteiger partial charge in [0.1, 0.15) is 5.75 Å². The van der Waals surface area contributed by atoms with Crippen molar-refractivity contribution in [1.29, 1.82) is 0 Å². The number of hydrogen-bond acceptors (Lipinski definition) is 6. The summed E-state index contributed by atoms with van der Waals surface area (Å²) in [6.07, 6.45) is 0. The van der Waals surface area contributed by atoms with Gasteiger partial charge in [-0.05, 0) is 55.5 Å². The van der Waals surface area contributed by atoms with Crippen LogP contribution in [0.4, 0.5) is 17.1 Å². The van der Waals surface area contributed by atoms with Crippen LogP contribution in [0.5, 0.6) is 5.75 Å². The number of sulfonamides is 1. The van der Waals surface area contributed by atoms with Crippen molar-refractivity contribution >= 4 is 44.6 Å². The highest BCUT2D eigenvalue weighted by molar-refractivity contribution is 7.92. The van der Waals surface area contributed by atoms with Gasteiger partial charge in [0.15, 0.2) is 0 Å². The van der Waals surface area contributed by atoms with Gasteiger partial charge >= 0.3 is 0 Å². The van der Waals surface area contributed by atoms with Crippen molar-refractivity contribution < 1.29 is 22.9 Å². The van der Waals surface area contributed by atoms with E-state index in [1.165, 1.54) is 44.5 Å². The van der Waals surface area contributed by atoms with Crippen LogP contribution < -0.4 is 14.4 Å². The molecule has 3 rings (SSSR count). The van der Waals surface area contributed by atoms with E-state index < -0.39 is 20.9 Å². The number of ether oxygens (including phenoxy) is 1. The van der Waals surface area contributed by atoms with Crippen LogP contribution in [0.1, 0.15) is 15.9 Å². The normalized spacial score (nSPS) is 11.0. The van der Waals surface area contributed by atoms with E-state index in [1.54, 1.807) is 31.2 Å². The molecule has 0 saturated heterocycles. The number of carbonyl (C=O) groups excluding carboxylic acids is 1. The first kappa shape index (κ1) is 24.0. The molecule has 0 unspecified atom stereocenters. The Morgan fingerprint density at radius 2 is 1.76 bits per heavy atom. The molecule has 33 heavy (non-hydrogen) atoms. The number of amides is 1. The van der Waals surface area contributed by atoms with Gasteiger partial charge < -0.3 is 10.1 Å². The minimum atomic E-state index is -4.02. The van der Waals surface area contributed by atoms with Crippen LogP contribution in [0.3, 0.4) is 0 Å². The first-order chi connectivity index (χ1) is 15.5. The summed E-state index contributed by atoms with van der Waals surface area (Å²) in [6, 6.07) is 14.4. The van der Waals surface area contributed by atoms with Gasteiger partial charge in [-0.2, -0.15) is 0 Å². The second-order valence-corrected chi connectivity index (χ2v) is 9.40. The number of nitrogens with one attached hydrogen (secondary N) is 1. The van der Waals surface area contributed by atoms with E-state index in [4.69, 9.17) is 16.3 Å². The van der Waals surface area contributed by atoms with Crippen molar-refractivity contribution in [2.45, 2.75) is 11.8 Å². The molecule has 0 aliphatic carbocycles. The standard InChI is InChI=1S/C22H20ClN3O6S/c1-14-4-5-15(12-21(14)26(28)29)24-22(27)19-13-18(10-11-20(19)23)33(30,31)25(2)16-6-8-17(32-3)9-7-16/h4-13H,1-3H3,(H,24,27). The van der Waals surface area contributed by atoms with Gasteiger partial charge in [0.05, 0.1) is 33.2 Å². The summed E-state index contributed by atoms with van der Waals surface area (Å²) < 4.78 is 32.4. The molecule has 1 N–H and O–H groups in total. The number of halogens is 1. The summed E-state index contributed by atoms with van der Waals surface area (Å²) in [7, 11) is -1.13. The number of rotatable bonds is 7. The van der Waals surface area contributed by atoms with Gasteiger partial charge in [-0.1, -0.05) is 17.7 Å². The number of nitrogens with zero attached hydrogens (tertiary/aromatic N) is 2. The fourth-order valence-corrected chi connectivity index (χ4v) is 4.44. The number of hydrogen-bond donors (Lipinski definition) is 1. The minimum absolute atomic E-state index is 0.0279. The lowest BCUT2D eigenvalue weighted by molar-refractivity contribution is -0.385. The highest BCUT2D eigenvalue weighted by atomic mass is 35.5. The van der Waals surface area contributed by atoms with Gasteiger partial charge in [-0.15, -0.1) is 0 Å². The quantitative estimate of drug-likeness (QED) is 0.381. The molecule has 0 aliphatic rings. The van der Waals surface area contributed by atoms with Crippen LogP contribution >= 0.6 is 11.6 Å². The Morgan fingerprint density at radius 1 is 1.09 bits per heavy atom. The maximum Gasteiger partial charge on any atom is 0.274 e. The molecular weight excluding hydrogens is 470 g/mol. The predicted molar refractivity (Wildman–Crippen MR) is 126 cm³/mol. The average Bonchev–Trinajstić information content (AvgIpc) is 2.79. The molecular formula is C22H20ClN3O6S. The van der Waals surface area contributed by atoms with E-state index in [2.05, 4.69) is 5.32 Å². The number of nitro groups is 1. The second-order valence-electron chi connectivity index (χ2n) is 7.02. The SMILES string of the molecule is COc1ccc(N(C)S(=O)(=O)c2ccc(Cl)c(C(=O)Nc3ccc(C)c([N+](=O)[O-])c3)c2)cc1. The van der Waals surface area contributed by atoms with Crippen molar-refractivity contribution in [3.8, 4) is 5.75 Å². The Balaban J connectivity index is 1.91. The topological polar surface area (TPSA) is 119 Å². The second kappa shape index (κ2) is 9.47. The van der Waals surface area contributed by atoms with Crippen molar-refractivity contribution in [2.75, 3.05) is 23.8 Å². The van der Waals surface area contributed by atoms with E-state index in [0.29, 0.717) is 17.0 Å². The number of nitro benzene ring substituents is 1. The van der Waals surface area contributed by atoms with Crippen LogP contribution in [0.2, 0.25) is 5.02 Å². The van der Waals surface area contributed by atoms with Crippen molar-refractivity contribution in [1.82, 2.24) is 0 Å². The molecule has 3 aromatic rings. The molecule has 11 heteroatoms. The van der Waals surface area contributed by atoms with Gasteiger partial charge in [0, 0.05) is 24.4 Å². The van der Waals surface area contributed by atoms with Gasteiger partial charge in [0.25, 0.3) is 21.6 Å². The Hall–Kier alpha value is -3.63. The van der Waals surface area contributed by atoms with E-state index >= 15 is 0 Å². The van der Waals surface area contributed by atoms with Gasteiger partial charge in [-0.25, -0.2) is 8.42 Å². The average molecular weight is 490 g/mol. The van der Waals surface area contributed by atoms with Crippen LogP contribution in [0, 0.1) is 17.0 Å². The summed E-state index contributed by atoms with van der Waals surface area (Å²) in [5.41, 5.74) is 0.756. The zero-order valence-electron chi connectivity index (χ0n) is 17.9. The smallest absolute Gasteiger partial charge is 0.274 e. The first-order valence-corrected chi connectivity index (χ1v) is 11.4. The predicted octanol–water partition coefficient (Wildman–Crippen LogP) is 4.64. The maximum absolute atomic E-state index is 13.1. The Kier molecular flexibility index (Phi) is 6.89. The molecule has 0 aliphatic heterocycles. The zero-order chi connectivity index (χ0) is 24.3. The number of aryl methyl sites for hydroxylation is 1. The van der Waals surface area contributed by atoms with E-state index in [0.717, 1.165) is 10.4 Å². The third kappa shape index (κ3) is 5.07. The first-order valence-electron chi connectivity index (χ1n) is 9.53. The van der Waals surface area contributed by atoms with E-state index in [1.807, 2.05) is 0 Å². The molecule has 1 amide bonds. The van der Waals surface area contributed by atoms with E-state index in [-0.39, 0.29) is 26.9 Å². The maximum atomic E-state index is 13.1. The van der Waals surface area contributed by atoms with Crippen molar-refractivity contribution in [3.05, 3.63) is 86.9 Å². The molecule has 0 heterocycles. The molecule has 0 saturated carbocycles. The molecule has 3 aromatic carbocycles. The summed E-state index contributed by atoms with van der Waals surface area (Å²) in [5, 5.41) is 13.7. The lowest BCUT2D eigenvalue weighted by atomic mass is 10.1. The Bertz CT molecular complexity index is 1330. The third-order valence-electron chi connectivity index (χ3n) is 4.94. The highest BCUT2D eigenvalue weighted by Gasteiger charge is 2.24. The molecule has 0 radical (unpaired) electrons. The van der Waals surface area contributed by atoms with Crippen LogP contribution in [-0.4, -0.2) is 33.4 Å². The number of carbonyl (C=O) groups is 1. The molecule has 0 fully saturated rings. The fraction of sp³-hybridized carbons (Fsp3) is 0.136. The largest absolute Gasteiger partial charge is 0.497 e. The Labute approximate surface area is 195 Å². The van der Waals surface area contributed by atoms with E-state index in [9.17, 15) is 23.3 Å². The van der Waals surface area contributed by atoms with Gasteiger partial charge in [-0.3, -0.25) is 19.2 Å². The number of benzene rings is 3. The monoisotopic (exact) mass is 489 g/mol. The van der Waals surface area contributed by atoms with Crippen molar-refractivity contribution in [2.24, 2.45) is 0 Å². The highest BCUT2D eigenvalue weighted by Crippen LogP contribution is 2.28. The van der Waals surface area contributed by atoms with Crippen LogP contribution in [0.15, 0.2) is 65.6 Å². The molecule has 0 bridgehead atoms. The Morgan fingerprint density at radius 3 is 2.36 bits per heavy atom.